The van der Waals surface area contributed by atoms with Gasteiger partial charge in [0.05, 0.1) is 5.25 Å². The van der Waals surface area contributed by atoms with Crippen LogP contribution in [-0.2, 0) is 14.5 Å². The maximum absolute atomic E-state index is 13.0. The molecule has 4 rings (SSSR count). The molecule has 0 aliphatic carbocycles. The number of hydrogen-bond acceptors (Lipinski definition) is 3. The molecular weight excluding hydrogens is 344 g/mol. The summed E-state index contributed by atoms with van der Waals surface area (Å²) >= 11 is 7.36. The minimum atomic E-state index is -1.06. The molecule has 0 unspecified atom stereocenters. The minimum Gasteiger partial charge on any atom is -0.323 e. The molecule has 2 aliphatic rings. The summed E-state index contributed by atoms with van der Waals surface area (Å²) in [6.45, 7) is 3.82. The largest absolute Gasteiger partial charge is 0.323 e. The Labute approximate surface area is 149 Å². The quantitative estimate of drug-likeness (QED) is 0.840. The molecule has 2 aromatic carbocycles. The van der Waals surface area contributed by atoms with Crippen molar-refractivity contribution in [2.45, 2.75) is 24.0 Å². The fourth-order valence-corrected chi connectivity index (χ4v) is 4.91. The van der Waals surface area contributed by atoms with Gasteiger partial charge in [0.2, 0.25) is 10.8 Å². The van der Waals surface area contributed by atoms with Crippen LogP contribution in [0.1, 0.15) is 18.1 Å². The number of carbonyl (C=O) groups is 2. The molecule has 2 aromatic rings. The number of anilines is 2. The first-order valence-electron chi connectivity index (χ1n) is 7.63. The van der Waals surface area contributed by atoms with Crippen LogP contribution in [0.2, 0.25) is 5.02 Å². The summed E-state index contributed by atoms with van der Waals surface area (Å²) < 4.78 is 0. The van der Waals surface area contributed by atoms with E-state index in [9.17, 15) is 9.59 Å². The molecule has 1 spiro atoms. The molecule has 2 amide bonds. The second-order valence-electron chi connectivity index (χ2n) is 6.06. The number of halogens is 1. The predicted molar refractivity (Wildman–Crippen MR) is 97.5 cm³/mol. The first-order chi connectivity index (χ1) is 11.4. The van der Waals surface area contributed by atoms with E-state index in [0.29, 0.717) is 10.7 Å². The van der Waals surface area contributed by atoms with Crippen LogP contribution in [0.15, 0.2) is 42.5 Å². The summed E-state index contributed by atoms with van der Waals surface area (Å²) in [5, 5.41) is 3.21. The smallest absolute Gasteiger partial charge is 0.266 e. The summed E-state index contributed by atoms with van der Waals surface area (Å²) in [6.07, 6.45) is 0. The fourth-order valence-electron chi connectivity index (χ4n) is 3.31. The van der Waals surface area contributed by atoms with Gasteiger partial charge in [-0.05, 0) is 44.2 Å². The highest BCUT2D eigenvalue weighted by Crippen LogP contribution is 2.56. The summed E-state index contributed by atoms with van der Waals surface area (Å²) in [6, 6.07) is 12.9. The fraction of sp³-hybridized carbons (Fsp3) is 0.222. The molecule has 4 nitrogen and oxygen atoms in total. The molecule has 2 heterocycles. The predicted octanol–water partition coefficient (Wildman–Crippen LogP) is 3.92. The van der Waals surface area contributed by atoms with Crippen molar-refractivity contribution in [3.05, 3.63) is 58.6 Å². The standard InChI is InChI=1S/C18H15ClN2O2S/c1-10-3-8-15-14(9-10)18(17(23)20-15)21(16(22)11(2)24-18)13-6-4-12(19)5-7-13/h3-9,11H,1-2H3,(H,20,23)/t11-,18-/m0/s1. The van der Waals surface area contributed by atoms with Gasteiger partial charge >= 0.3 is 0 Å². The van der Waals surface area contributed by atoms with Crippen molar-refractivity contribution < 1.29 is 9.59 Å². The Morgan fingerprint density at radius 1 is 1.17 bits per heavy atom. The zero-order valence-electron chi connectivity index (χ0n) is 13.2. The first kappa shape index (κ1) is 15.5. The lowest BCUT2D eigenvalue weighted by Crippen LogP contribution is -2.47. The third-order valence-electron chi connectivity index (χ3n) is 4.41. The Morgan fingerprint density at radius 2 is 1.88 bits per heavy atom. The van der Waals surface area contributed by atoms with Crippen LogP contribution < -0.4 is 10.2 Å². The van der Waals surface area contributed by atoms with Crippen molar-refractivity contribution in [3.8, 4) is 0 Å². The maximum atomic E-state index is 13.0. The van der Waals surface area contributed by atoms with Gasteiger partial charge < -0.3 is 5.32 Å². The first-order valence-corrected chi connectivity index (χ1v) is 8.89. The lowest BCUT2D eigenvalue weighted by molar-refractivity contribution is -0.122. The lowest BCUT2D eigenvalue weighted by Gasteiger charge is -2.32. The van der Waals surface area contributed by atoms with Crippen LogP contribution in [0.4, 0.5) is 11.4 Å². The van der Waals surface area contributed by atoms with Crippen molar-refractivity contribution in [2.24, 2.45) is 0 Å². The molecule has 0 bridgehead atoms. The second-order valence-corrected chi connectivity index (χ2v) is 8.03. The van der Waals surface area contributed by atoms with Crippen molar-refractivity contribution in [2.75, 3.05) is 10.2 Å². The van der Waals surface area contributed by atoms with Crippen LogP contribution in [0.25, 0.3) is 0 Å². The van der Waals surface area contributed by atoms with E-state index in [1.165, 1.54) is 11.8 Å². The van der Waals surface area contributed by atoms with Gasteiger partial charge in [0.25, 0.3) is 5.91 Å². The van der Waals surface area contributed by atoms with Crippen molar-refractivity contribution in [3.63, 3.8) is 0 Å². The highest BCUT2D eigenvalue weighted by atomic mass is 35.5. The molecular formula is C18H15ClN2O2S. The van der Waals surface area contributed by atoms with Gasteiger partial charge in [-0.2, -0.15) is 0 Å². The molecule has 1 fully saturated rings. The van der Waals surface area contributed by atoms with Gasteiger partial charge in [-0.1, -0.05) is 29.3 Å². The van der Waals surface area contributed by atoms with Gasteiger partial charge in [0.15, 0.2) is 0 Å². The van der Waals surface area contributed by atoms with Crippen LogP contribution in [0, 0.1) is 6.92 Å². The number of nitrogens with zero attached hydrogens (tertiary/aromatic N) is 1. The molecule has 24 heavy (non-hydrogen) atoms. The number of thioether (sulfide) groups is 1. The van der Waals surface area contributed by atoms with Gasteiger partial charge in [-0.25, -0.2) is 0 Å². The van der Waals surface area contributed by atoms with E-state index in [1.54, 1.807) is 29.2 Å². The van der Waals surface area contributed by atoms with Crippen molar-refractivity contribution in [1.29, 1.82) is 0 Å². The van der Waals surface area contributed by atoms with Crippen LogP contribution in [0.5, 0.6) is 0 Å². The van der Waals surface area contributed by atoms with E-state index < -0.39 is 4.87 Å². The lowest BCUT2D eigenvalue weighted by atomic mass is 10.0. The Kier molecular flexibility index (Phi) is 3.41. The Hall–Kier alpha value is -1.98. The third-order valence-corrected chi connectivity index (χ3v) is 6.15. The monoisotopic (exact) mass is 358 g/mol. The normalized spacial score (nSPS) is 25.3. The van der Waals surface area contributed by atoms with Gasteiger partial charge in [-0.3, -0.25) is 14.5 Å². The number of amides is 2. The van der Waals surface area contributed by atoms with Gasteiger partial charge in [0.1, 0.15) is 0 Å². The number of aryl methyl sites for hydroxylation is 1. The van der Waals surface area contributed by atoms with Gasteiger partial charge in [0, 0.05) is 22.0 Å². The van der Waals surface area contributed by atoms with E-state index >= 15 is 0 Å². The van der Waals surface area contributed by atoms with E-state index in [1.807, 2.05) is 32.0 Å². The number of carbonyl (C=O) groups excluding carboxylic acids is 2. The van der Waals surface area contributed by atoms with E-state index in [2.05, 4.69) is 5.32 Å². The highest BCUT2D eigenvalue weighted by molar-refractivity contribution is 8.03. The van der Waals surface area contributed by atoms with Crippen LogP contribution >= 0.6 is 23.4 Å². The molecule has 2 aliphatic heterocycles. The molecule has 0 radical (unpaired) electrons. The third kappa shape index (κ3) is 2.01. The number of rotatable bonds is 1. The van der Waals surface area contributed by atoms with Gasteiger partial charge in [-0.15, -0.1) is 11.8 Å². The van der Waals surface area contributed by atoms with E-state index in [0.717, 1.165) is 16.8 Å². The summed E-state index contributed by atoms with van der Waals surface area (Å²) in [7, 11) is 0. The molecule has 1 saturated heterocycles. The average Bonchev–Trinajstić information content (AvgIpc) is 2.97. The van der Waals surface area contributed by atoms with Crippen LogP contribution in [-0.4, -0.2) is 17.1 Å². The molecule has 0 aromatic heterocycles. The molecule has 122 valence electrons. The Balaban J connectivity index is 1.95. The van der Waals surface area contributed by atoms with Crippen LogP contribution in [0.3, 0.4) is 0 Å². The summed E-state index contributed by atoms with van der Waals surface area (Å²) in [4.78, 5) is 26.4. The number of nitrogens with one attached hydrogen (secondary N) is 1. The summed E-state index contributed by atoms with van der Waals surface area (Å²) in [5.74, 6) is -0.257. The van der Waals surface area contributed by atoms with E-state index in [-0.39, 0.29) is 17.1 Å². The molecule has 6 heteroatoms. The molecule has 2 atom stereocenters. The van der Waals surface area contributed by atoms with Crippen molar-refractivity contribution >= 4 is 46.6 Å². The molecule has 0 saturated carbocycles. The topological polar surface area (TPSA) is 49.4 Å². The minimum absolute atomic E-state index is 0.0770. The Bertz CT molecular complexity index is 868. The number of fused-ring (bicyclic) bond motifs is 2. The maximum Gasteiger partial charge on any atom is 0.266 e. The molecule has 1 N–H and O–H groups in total. The zero-order valence-corrected chi connectivity index (χ0v) is 14.7. The van der Waals surface area contributed by atoms with E-state index in [4.69, 9.17) is 11.6 Å². The summed E-state index contributed by atoms with van der Waals surface area (Å²) in [5.41, 5.74) is 3.32. The number of hydrogen-bond donors (Lipinski definition) is 1. The number of benzene rings is 2. The Morgan fingerprint density at radius 3 is 2.58 bits per heavy atom. The SMILES string of the molecule is Cc1ccc2c(c1)[C@]1(S[C@@H](C)C(=O)N1c1ccc(Cl)cc1)C(=O)N2. The van der Waals surface area contributed by atoms with Crippen molar-refractivity contribution in [1.82, 2.24) is 0 Å². The highest BCUT2D eigenvalue weighted by Gasteiger charge is 2.60. The zero-order chi connectivity index (χ0) is 17.1. The second kappa shape index (κ2) is 5.26. The average molecular weight is 359 g/mol.